The van der Waals surface area contributed by atoms with Crippen molar-refractivity contribution < 1.29 is 27.4 Å². The molecule has 8 nitrogen and oxygen atoms in total. The molecule has 2 atom stereocenters. The Morgan fingerprint density at radius 1 is 1.03 bits per heavy atom. The smallest absolute Gasteiger partial charge is 0.244 e. The molecule has 31 heavy (non-hydrogen) atoms. The van der Waals surface area contributed by atoms with Crippen LogP contribution in [0.25, 0.3) is 0 Å². The summed E-state index contributed by atoms with van der Waals surface area (Å²) < 4.78 is 42.2. The zero-order valence-electron chi connectivity index (χ0n) is 18.7. The highest BCUT2D eigenvalue weighted by Crippen LogP contribution is 2.30. The number of hydrogen-bond donors (Lipinski definition) is 1. The minimum absolute atomic E-state index is 0.375. The van der Waals surface area contributed by atoms with Crippen molar-refractivity contribution in [3.05, 3.63) is 48.0 Å². The molecule has 0 unspecified atom stereocenters. The third-order valence-corrected chi connectivity index (χ3v) is 5.99. The fourth-order valence-electron chi connectivity index (χ4n) is 3.25. The topological polar surface area (TPSA) is 94.2 Å². The predicted molar refractivity (Wildman–Crippen MR) is 120 cm³/mol. The van der Waals surface area contributed by atoms with Gasteiger partial charge in [-0.2, -0.15) is 0 Å². The van der Waals surface area contributed by atoms with Crippen LogP contribution in [0.5, 0.6) is 17.2 Å². The Morgan fingerprint density at radius 2 is 1.65 bits per heavy atom. The monoisotopic (exact) mass is 450 g/mol. The van der Waals surface area contributed by atoms with Gasteiger partial charge in [0.2, 0.25) is 15.9 Å². The van der Waals surface area contributed by atoms with Crippen LogP contribution in [0.1, 0.15) is 32.4 Å². The highest BCUT2D eigenvalue weighted by Gasteiger charge is 2.30. The van der Waals surface area contributed by atoms with Crippen molar-refractivity contribution in [3.63, 3.8) is 0 Å². The van der Waals surface area contributed by atoms with Crippen LogP contribution in [0, 0.1) is 0 Å². The van der Waals surface area contributed by atoms with E-state index in [0.29, 0.717) is 29.5 Å². The van der Waals surface area contributed by atoms with Crippen LogP contribution < -0.4 is 23.8 Å². The standard InChI is InChI=1S/C22H30N2O6S/c1-7-30-18-10-8-17(9-11-18)24(31(6,26)27)16(3)22(25)23-15(2)20-14-19(28-4)12-13-21(20)29-5/h8-16H,7H2,1-6H3,(H,23,25)/t15-,16+/m0/s1. The third kappa shape index (κ3) is 6.04. The molecule has 2 aromatic rings. The number of hydrogen-bond acceptors (Lipinski definition) is 6. The molecule has 0 aliphatic heterocycles. The number of methoxy groups -OCH3 is 2. The minimum Gasteiger partial charge on any atom is -0.497 e. The second-order valence-electron chi connectivity index (χ2n) is 7.00. The van der Waals surface area contributed by atoms with E-state index in [4.69, 9.17) is 14.2 Å². The molecule has 0 aliphatic carbocycles. The number of nitrogens with zero attached hydrogens (tertiary/aromatic N) is 1. The lowest BCUT2D eigenvalue weighted by Crippen LogP contribution is -2.48. The molecular weight excluding hydrogens is 420 g/mol. The number of rotatable bonds is 10. The summed E-state index contributed by atoms with van der Waals surface area (Å²) in [7, 11) is -0.630. The predicted octanol–water partition coefficient (Wildman–Crippen LogP) is 3.13. The first-order valence-corrected chi connectivity index (χ1v) is 11.7. The van der Waals surface area contributed by atoms with E-state index in [-0.39, 0.29) is 0 Å². The van der Waals surface area contributed by atoms with Gasteiger partial charge in [0.25, 0.3) is 0 Å². The molecule has 0 aliphatic rings. The first-order chi connectivity index (χ1) is 14.6. The van der Waals surface area contributed by atoms with Crippen molar-refractivity contribution in [2.45, 2.75) is 32.9 Å². The second-order valence-corrected chi connectivity index (χ2v) is 8.86. The summed E-state index contributed by atoms with van der Waals surface area (Å²) in [6, 6.07) is 10.4. The Hall–Kier alpha value is -2.94. The molecular formula is C22H30N2O6S. The van der Waals surface area contributed by atoms with E-state index in [9.17, 15) is 13.2 Å². The van der Waals surface area contributed by atoms with Crippen molar-refractivity contribution in [2.24, 2.45) is 0 Å². The normalized spacial score (nSPS) is 13.1. The van der Waals surface area contributed by atoms with E-state index in [1.165, 1.54) is 0 Å². The van der Waals surface area contributed by atoms with Gasteiger partial charge in [0, 0.05) is 5.56 Å². The van der Waals surface area contributed by atoms with Gasteiger partial charge in [-0.3, -0.25) is 9.10 Å². The van der Waals surface area contributed by atoms with E-state index < -0.39 is 28.0 Å². The number of carbonyl (C=O) groups excluding carboxylic acids is 1. The van der Waals surface area contributed by atoms with Crippen LogP contribution in [0.15, 0.2) is 42.5 Å². The molecule has 0 heterocycles. The maximum absolute atomic E-state index is 13.0. The van der Waals surface area contributed by atoms with E-state index in [1.807, 2.05) is 6.92 Å². The van der Waals surface area contributed by atoms with Gasteiger partial charge in [-0.1, -0.05) is 0 Å². The van der Waals surface area contributed by atoms with Gasteiger partial charge in [0.15, 0.2) is 0 Å². The molecule has 0 saturated carbocycles. The lowest BCUT2D eigenvalue weighted by molar-refractivity contribution is -0.122. The molecule has 9 heteroatoms. The summed E-state index contributed by atoms with van der Waals surface area (Å²) in [6.07, 6.45) is 1.07. The molecule has 1 N–H and O–H groups in total. The van der Waals surface area contributed by atoms with Gasteiger partial charge in [0.1, 0.15) is 23.3 Å². The third-order valence-electron chi connectivity index (χ3n) is 4.75. The highest BCUT2D eigenvalue weighted by molar-refractivity contribution is 7.92. The average molecular weight is 451 g/mol. The lowest BCUT2D eigenvalue weighted by atomic mass is 10.1. The summed E-state index contributed by atoms with van der Waals surface area (Å²) in [6.45, 7) is 5.70. The SMILES string of the molecule is CCOc1ccc(N([C@H](C)C(=O)N[C@@H](C)c2cc(OC)ccc2OC)S(C)(=O)=O)cc1. The van der Waals surface area contributed by atoms with Crippen LogP contribution in [0.4, 0.5) is 5.69 Å². The summed E-state index contributed by atoms with van der Waals surface area (Å²) >= 11 is 0. The van der Waals surface area contributed by atoms with Gasteiger partial charge in [-0.05, 0) is 63.2 Å². The molecule has 0 aromatic heterocycles. The van der Waals surface area contributed by atoms with Gasteiger partial charge in [0.05, 0.1) is 38.8 Å². The second kappa shape index (κ2) is 10.4. The number of benzene rings is 2. The van der Waals surface area contributed by atoms with E-state index in [0.717, 1.165) is 16.1 Å². The van der Waals surface area contributed by atoms with E-state index >= 15 is 0 Å². The van der Waals surface area contributed by atoms with Crippen LogP contribution in [-0.4, -0.2) is 47.4 Å². The summed E-state index contributed by atoms with van der Waals surface area (Å²) in [5, 5.41) is 2.87. The number of ether oxygens (including phenoxy) is 3. The van der Waals surface area contributed by atoms with Crippen LogP contribution in [0.3, 0.4) is 0 Å². The van der Waals surface area contributed by atoms with E-state index in [2.05, 4.69) is 5.32 Å². The molecule has 170 valence electrons. The van der Waals surface area contributed by atoms with Gasteiger partial charge in [-0.15, -0.1) is 0 Å². The van der Waals surface area contributed by atoms with Crippen LogP contribution >= 0.6 is 0 Å². The highest BCUT2D eigenvalue weighted by atomic mass is 32.2. The van der Waals surface area contributed by atoms with Gasteiger partial charge < -0.3 is 19.5 Å². The Bertz CT molecular complexity index is 992. The number of carbonyl (C=O) groups is 1. The largest absolute Gasteiger partial charge is 0.497 e. The zero-order valence-corrected chi connectivity index (χ0v) is 19.5. The Morgan fingerprint density at radius 3 is 2.16 bits per heavy atom. The first-order valence-electron chi connectivity index (χ1n) is 9.86. The Labute approximate surface area is 184 Å². The number of sulfonamides is 1. The van der Waals surface area contributed by atoms with Crippen molar-refractivity contribution >= 4 is 21.6 Å². The van der Waals surface area contributed by atoms with Crippen molar-refractivity contribution in [2.75, 3.05) is 31.4 Å². The number of anilines is 1. The van der Waals surface area contributed by atoms with Crippen molar-refractivity contribution in [1.82, 2.24) is 5.32 Å². The fourth-order valence-corrected chi connectivity index (χ4v) is 4.43. The lowest BCUT2D eigenvalue weighted by Gasteiger charge is -2.29. The average Bonchev–Trinajstić information content (AvgIpc) is 2.73. The summed E-state index contributed by atoms with van der Waals surface area (Å²) in [5.41, 5.74) is 1.09. The van der Waals surface area contributed by atoms with Gasteiger partial charge in [-0.25, -0.2) is 8.42 Å². The molecule has 2 rings (SSSR count). The molecule has 0 bridgehead atoms. The summed E-state index contributed by atoms with van der Waals surface area (Å²) in [5.74, 6) is 1.39. The number of amides is 1. The first kappa shape index (κ1) is 24.3. The number of nitrogens with one attached hydrogen (secondary N) is 1. The van der Waals surface area contributed by atoms with Gasteiger partial charge >= 0.3 is 0 Å². The minimum atomic E-state index is -3.72. The van der Waals surface area contributed by atoms with E-state index in [1.54, 1.807) is 70.5 Å². The molecule has 2 aromatic carbocycles. The quantitative estimate of drug-likeness (QED) is 0.598. The molecule has 1 amide bonds. The maximum atomic E-state index is 13.0. The van der Waals surface area contributed by atoms with Crippen molar-refractivity contribution in [1.29, 1.82) is 0 Å². The van der Waals surface area contributed by atoms with Crippen LogP contribution in [-0.2, 0) is 14.8 Å². The Kier molecular flexibility index (Phi) is 8.15. The molecule has 0 saturated heterocycles. The van der Waals surface area contributed by atoms with Crippen molar-refractivity contribution in [3.8, 4) is 17.2 Å². The molecule has 0 spiro atoms. The Balaban J connectivity index is 2.28. The molecule has 0 fully saturated rings. The summed E-state index contributed by atoms with van der Waals surface area (Å²) in [4.78, 5) is 13.0. The van der Waals surface area contributed by atoms with Crippen LogP contribution in [0.2, 0.25) is 0 Å². The maximum Gasteiger partial charge on any atom is 0.244 e. The zero-order chi connectivity index (χ0) is 23.2. The fraction of sp³-hybridized carbons (Fsp3) is 0.409. The molecule has 0 radical (unpaired) electrons.